The van der Waals surface area contributed by atoms with Crippen molar-refractivity contribution in [3.8, 4) is 0 Å². The van der Waals surface area contributed by atoms with Crippen LogP contribution in [0.3, 0.4) is 0 Å². The fraction of sp³-hybridized carbons (Fsp3) is 0.417. The largest absolute Gasteiger partial charge is 0.461 e. The van der Waals surface area contributed by atoms with Crippen LogP contribution in [-0.4, -0.2) is 34.7 Å². The number of nitrogens with zero attached hydrogens (tertiary/aromatic N) is 1. The maximum atomic E-state index is 12.0. The highest BCUT2D eigenvalue weighted by Crippen LogP contribution is 2.21. The minimum absolute atomic E-state index is 0.140. The van der Waals surface area contributed by atoms with E-state index in [-0.39, 0.29) is 18.2 Å². The van der Waals surface area contributed by atoms with Crippen molar-refractivity contribution in [1.29, 1.82) is 0 Å². The maximum Gasteiger partial charge on any atom is 0.325 e. The number of ketones is 1. The van der Waals surface area contributed by atoms with E-state index in [9.17, 15) is 14.4 Å². The molecule has 3 amide bonds. The number of rotatable bonds is 4. The number of Topliss-reactive ketones (excluding diaryl/α,β-unsaturated/α-hetero) is 1. The van der Waals surface area contributed by atoms with Crippen LogP contribution in [0.25, 0.3) is 0 Å². The molecule has 1 saturated heterocycles. The fourth-order valence-corrected chi connectivity index (χ4v) is 1.79. The molecule has 18 heavy (non-hydrogen) atoms. The Kier molecular flexibility index (Phi) is 2.94. The lowest BCUT2D eigenvalue weighted by atomic mass is 9.99. The number of carbonyl (C=O) groups excluding carboxylic acids is 3. The minimum Gasteiger partial charge on any atom is -0.461 e. The molecule has 96 valence electrons. The molecule has 0 bridgehead atoms. The molecule has 1 aromatic heterocycles. The SMILES string of the molecule is CCC1(C)NC(=O)N(CC(=O)c2ccco2)C1=O. The first-order valence-corrected chi connectivity index (χ1v) is 5.69. The normalized spacial score (nSPS) is 23.3. The predicted molar refractivity (Wildman–Crippen MR) is 62.0 cm³/mol. The van der Waals surface area contributed by atoms with E-state index in [0.717, 1.165) is 4.90 Å². The molecule has 0 radical (unpaired) electrons. The lowest BCUT2D eigenvalue weighted by Crippen LogP contribution is -2.43. The third-order valence-corrected chi connectivity index (χ3v) is 3.15. The zero-order valence-corrected chi connectivity index (χ0v) is 10.2. The second-order valence-corrected chi connectivity index (χ2v) is 4.41. The van der Waals surface area contributed by atoms with Gasteiger partial charge in [0.05, 0.1) is 12.8 Å². The topological polar surface area (TPSA) is 79.6 Å². The third kappa shape index (κ3) is 1.90. The summed E-state index contributed by atoms with van der Waals surface area (Å²) in [5.74, 6) is -0.639. The van der Waals surface area contributed by atoms with Crippen LogP contribution >= 0.6 is 0 Å². The number of hydrogen-bond acceptors (Lipinski definition) is 4. The van der Waals surface area contributed by atoms with Gasteiger partial charge in [0, 0.05) is 0 Å². The molecule has 0 aliphatic carbocycles. The standard InChI is InChI=1S/C12H14N2O4/c1-3-12(2)10(16)14(11(17)13-12)7-8(15)9-5-4-6-18-9/h4-6H,3,7H2,1-2H3,(H,13,17). The Bertz CT molecular complexity index is 494. The maximum absolute atomic E-state index is 12.0. The van der Waals surface area contributed by atoms with Crippen molar-refractivity contribution in [2.45, 2.75) is 25.8 Å². The molecular formula is C12H14N2O4. The summed E-state index contributed by atoms with van der Waals surface area (Å²) in [7, 11) is 0. The van der Waals surface area contributed by atoms with Gasteiger partial charge in [-0.25, -0.2) is 4.79 Å². The van der Waals surface area contributed by atoms with Gasteiger partial charge >= 0.3 is 6.03 Å². The van der Waals surface area contributed by atoms with E-state index in [1.807, 2.05) is 0 Å². The molecule has 1 N–H and O–H groups in total. The van der Waals surface area contributed by atoms with Gasteiger partial charge in [-0.2, -0.15) is 0 Å². The molecule has 0 aromatic carbocycles. The first-order valence-electron chi connectivity index (χ1n) is 5.69. The lowest BCUT2D eigenvalue weighted by Gasteiger charge is -2.18. The smallest absolute Gasteiger partial charge is 0.325 e. The number of hydrogen-bond donors (Lipinski definition) is 1. The number of urea groups is 1. The molecule has 6 heteroatoms. The molecule has 1 aliphatic rings. The van der Waals surface area contributed by atoms with Crippen molar-refractivity contribution in [2.24, 2.45) is 0 Å². The van der Waals surface area contributed by atoms with Gasteiger partial charge in [-0.1, -0.05) is 6.92 Å². The van der Waals surface area contributed by atoms with Gasteiger partial charge in [0.1, 0.15) is 5.54 Å². The molecule has 6 nitrogen and oxygen atoms in total. The summed E-state index contributed by atoms with van der Waals surface area (Å²) in [6, 6.07) is 2.54. The zero-order valence-electron chi connectivity index (χ0n) is 10.2. The second-order valence-electron chi connectivity index (χ2n) is 4.41. The number of furan rings is 1. The molecule has 0 spiro atoms. The van der Waals surface area contributed by atoms with Crippen LogP contribution in [0.5, 0.6) is 0 Å². The van der Waals surface area contributed by atoms with Crippen molar-refractivity contribution in [3.05, 3.63) is 24.2 Å². The highest BCUT2D eigenvalue weighted by atomic mass is 16.3. The van der Waals surface area contributed by atoms with E-state index in [0.29, 0.717) is 6.42 Å². The van der Waals surface area contributed by atoms with Crippen LogP contribution in [0.2, 0.25) is 0 Å². The van der Waals surface area contributed by atoms with Gasteiger partial charge in [-0.3, -0.25) is 14.5 Å². The van der Waals surface area contributed by atoms with Crippen molar-refractivity contribution in [1.82, 2.24) is 10.2 Å². The average molecular weight is 250 g/mol. The first kappa shape index (κ1) is 12.3. The van der Waals surface area contributed by atoms with Gasteiger partial charge in [0.25, 0.3) is 5.91 Å². The average Bonchev–Trinajstić information content (AvgIpc) is 2.93. The quantitative estimate of drug-likeness (QED) is 0.642. The summed E-state index contributed by atoms with van der Waals surface area (Å²) in [6.07, 6.45) is 1.85. The number of carbonyl (C=O) groups is 3. The Morgan fingerprint density at radius 2 is 2.22 bits per heavy atom. The van der Waals surface area contributed by atoms with Gasteiger partial charge in [0.15, 0.2) is 5.76 Å². The van der Waals surface area contributed by atoms with Crippen LogP contribution in [0.15, 0.2) is 22.8 Å². The van der Waals surface area contributed by atoms with Crippen LogP contribution < -0.4 is 5.32 Å². The molecule has 1 fully saturated rings. The van der Waals surface area contributed by atoms with Gasteiger partial charge < -0.3 is 9.73 Å². The Labute approximate surface area is 104 Å². The summed E-state index contributed by atoms with van der Waals surface area (Å²) >= 11 is 0. The van der Waals surface area contributed by atoms with Crippen LogP contribution in [-0.2, 0) is 4.79 Å². The van der Waals surface area contributed by atoms with E-state index >= 15 is 0 Å². The molecule has 2 heterocycles. The van der Waals surface area contributed by atoms with Gasteiger partial charge in [0.2, 0.25) is 5.78 Å². The van der Waals surface area contributed by atoms with Crippen LogP contribution in [0, 0.1) is 0 Å². The Morgan fingerprint density at radius 3 is 2.72 bits per heavy atom. The number of amides is 3. The summed E-state index contributed by atoms with van der Waals surface area (Å²) in [4.78, 5) is 36.4. The molecule has 1 aliphatic heterocycles. The van der Waals surface area contributed by atoms with Crippen molar-refractivity contribution >= 4 is 17.7 Å². The number of nitrogens with one attached hydrogen (secondary N) is 1. The summed E-state index contributed by atoms with van der Waals surface area (Å²) in [5.41, 5.74) is -0.916. The predicted octanol–water partition coefficient (Wildman–Crippen LogP) is 1.18. The molecule has 1 aromatic rings. The third-order valence-electron chi connectivity index (χ3n) is 3.15. The summed E-state index contributed by atoms with van der Waals surface area (Å²) < 4.78 is 4.94. The molecule has 1 unspecified atom stereocenters. The molecule has 2 rings (SSSR count). The van der Waals surface area contributed by atoms with Crippen LogP contribution in [0.1, 0.15) is 30.8 Å². The summed E-state index contributed by atoms with van der Waals surface area (Å²) in [5, 5.41) is 2.59. The van der Waals surface area contributed by atoms with Crippen molar-refractivity contribution in [3.63, 3.8) is 0 Å². The van der Waals surface area contributed by atoms with Crippen LogP contribution in [0.4, 0.5) is 4.79 Å². The van der Waals surface area contributed by atoms with E-state index < -0.39 is 17.4 Å². The Morgan fingerprint density at radius 1 is 1.50 bits per heavy atom. The first-order chi connectivity index (χ1) is 8.48. The molecule has 1 atom stereocenters. The fourth-order valence-electron chi connectivity index (χ4n) is 1.79. The highest BCUT2D eigenvalue weighted by molar-refractivity contribution is 6.10. The zero-order chi connectivity index (χ0) is 13.3. The molecule has 0 saturated carbocycles. The second kappa shape index (κ2) is 4.29. The lowest BCUT2D eigenvalue weighted by molar-refractivity contribution is -0.130. The van der Waals surface area contributed by atoms with E-state index in [1.165, 1.54) is 12.3 Å². The minimum atomic E-state index is -0.916. The van der Waals surface area contributed by atoms with Gasteiger partial charge in [-0.05, 0) is 25.5 Å². The highest BCUT2D eigenvalue weighted by Gasteiger charge is 2.47. The number of imide groups is 1. The Hall–Kier alpha value is -2.11. The van der Waals surface area contributed by atoms with E-state index in [1.54, 1.807) is 19.9 Å². The monoisotopic (exact) mass is 250 g/mol. The summed E-state index contributed by atoms with van der Waals surface area (Å²) in [6.45, 7) is 3.15. The van der Waals surface area contributed by atoms with Crippen molar-refractivity contribution < 1.29 is 18.8 Å². The van der Waals surface area contributed by atoms with E-state index in [2.05, 4.69) is 5.32 Å². The molecular weight excluding hydrogens is 236 g/mol. The van der Waals surface area contributed by atoms with E-state index in [4.69, 9.17) is 4.42 Å². The Balaban J connectivity index is 2.13. The van der Waals surface area contributed by atoms with Crippen molar-refractivity contribution in [2.75, 3.05) is 6.54 Å². The van der Waals surface area contributed by atoms with Gasteiger partial charge in [-0.15, -0.1) is 0 Å².